The molecule has 32 heteroatoms. The van der Waals surface area contributed by atoms with Gasteiger partial charge in [-0.25, -0.2) is 51.9 Å². The molecule has 17 rings (SSSR count). The molecule has 6 atom stereocenters. The predicted octanol–water partition coefficient (Wildman–Crippen LogP) is 17.4. The van der Waals surface area contributed by atoms with Crippen molar-refractivity contribution in [3.05, 3.63) is 274 Å². The number of phenolic OH excluding ortho intramolecular Hbond substituents is 1. The topological polar surface area (TPSA) is 307 Å². The summed E-state index contributed by atoms with van der Waals surface area (Å²) in [5.41, 5.74) is 9.51. The zero-order chi connectivity index (χ0) is 94.7. The van der Waals surface area contributed by atoms with Gasteiger partial charge < -0.3 is 43.0 Å². The molecule has 0 bridgehead atoms. The van der Waals surface area contributed by atoms with E-state index in [0.717, 1.165) is 11.3 Å². The number of carbonyl (C=O) groups excluding carboxylic acids is 9. The molecule has 7 aromatic heterocycles. The second-order valence-electron chi connectivity index (χ2n) is 33.2. The fourth-order valence-corrected chi connectivity index (χ4v) is 17.9. The van der Waals surface area contributed by atoms with Gasteiger partial charge in [0.1, 0.15) is 84.5 Å². The minimum Gasteiger partial charge on any atom is -0.507 e. The minimum atomic E-state index is -1.44. The molecule has 0 spiro atoms. The van der Waals surface area contributed by atoms with Gasteiger partial charge in [0.05, 0.1) is 75.0 Å². The third-order valence-electron chi connectivity index (χ3n) is 24.1. The van der Waals surface area contributed by atoms with E-state index >= 15 is 8.78 Å². The summed E-state index contributed by atoms with van der Waals surface area (Å²) in [6.07, 6.45) is 9.31. The maximum absolute atomic E-state index is 15.6. The van der Waals surface area contributed by atoms with Crippen molar-refractivity contribution in [1.29, 1.82) is 0 Å². The summed E-state index contributed by atoms with van der Waals surface area (Å²) in [5, 5.41) is 13.3. The Morgan fingerprint density at radius 3 is 1.08 bits per heavy atom. The lowest BCUT2D eigenvalue weighted by Gasteiger charge is -2.24. The summed E-state index contributed by atoms with van der Waals surface area (Å²) in [5.74, 6) is -1.84. The van der Waals surface area contributed by atoms with E-state index in [9.17, 15) is 61.4 Å². The second-order valence-corrected chi connectivity index (χ2v) is 34.0. The second kappa shape index (κ2) is 39.7. The molecular weight excluding hydrogens is 1750 g/mol. The van der Waals surface area contributed by atoms with E-state index < -0.39 is 77.6 Å². The number of phenols is 1. The van der Waals surface area contributed by atoms with E-state index in [4.69, 9.17) is 32.7 Å². The molecule has 3 amide bonds. The number of ketones is 6. The molecule has 3 aliphatic rings. The number of Topliss-reactive ketones (excluding diaryl/α,β-unsaturated/α-hetero) is 6. The Hall–Kier alpha value is -14.4. The van der Waals surface area contributed by atoms with Crippen molar-refractivity contribution < 1.29 is 79.7 Å². The number of hydrogen-bond donors (Lipinski definition) is 1. The number of alkyl halides is 3. The van der Waals surface area contributed by atoms with Crippen LogP contribution in [0.4, 0.5) is 22.0 Å². The first-order chi connectivity index (χ1) is 63.7. The number of pyridine rings is 1. The summed E-state index contributed by atoms with van der Waals surface area (Å²) in [7, 11) is 3.05. The summed E-state index contributed by atoms with van der Waals surface area (Å²) in [6, 6.07) is 35.5. The quantitative estimate of drug-likeness (QED) is 0.0410. The number of hydrogen-bond acceptors (Lipinski definition) is 19. The van der Waals surface area contributed by atoms with Crippen LogP contribution < -0.4 is 9.47 Å². The zero-order valence-corrected chi connectivity index (χ0v) is 75.3. The number of ether oxygens (including phenoxy) is 2. The number of aromatic hydroxyl groups is 1. The van der Waals surface area contributed by atoms with E-state index in [2.05, 4.69) is 34.9 Å². The third kappa shape index (κ3) is 20.1. The average Bonchev–Trinajstić information content (AvgIpc) is 1.62. The van der Waals surface area contributed by atoms with Crippen LogP contribution in [0.1, 0.15) is 111 Å². The van der Waals surface area contributed by atoms with Crippen LogP contribution in [0, 0.1) is 39.3 Å². The van der Waals surface area contributed by atoms with Gasteiger partial charge in [-0.2, -0.15) is 0 Å². The highest BCUT2D eigenvalue weighted by atomic mass is 35.5. The van der Waals surface area contributed by atoms with Crippen molar-refractivity contribution in [2.45, 2.75) is 143 Å². The molecule has 0 aliphatic carbocycles. The molecule has 3 fully saturated rings. The largest absolute Gasteiger partial charge is 0.507 e. The predicted molar refractivity (Wildman–Crippen MR) is 492 cm³/mol. The van der Waals surface area contributed by atoms with Crippen molar-refractivity contribution >= 4 is 108 Å². The molecule has 0 saturated carbocycles. The van der Waals surface area contributed by atoms with Crippen molar-refractivity contribution in [2.75, 3.05) is 33.9 Å². The highest BCUT2D eigenvalue weighted by molar-refractivity contribution is 6.33. The normalized spacial score (nSPS) is 16.4. The van der Waals surface area contributed by atoms with Crippen molar-refractivity contribution in [2.24, 2.45) is 0 Å². The highest BCUT2D eigenvalue weighted by Gasteiger charge is 2.43. The molecule has 133 heavy (non-hydrogen) atoms. The molecule has 3 saturated heterocycles. The van der Waals surface area contributed by atoms with Gasteiger partial charge in [0, 0.05) is 216 Å². The lowest BCUT2D eigenvalue weighted by atomic mass is 9.97. The van der Waals surface area contributed by atoms with E-state index in [-0.39, 0.29) is 129 Å². The van der Waals surface area contributed by atoms with Gasteiger partial charge in [-0.1, -0.05) is 102 Å². The van der Waals surface area contributed by atoms with Crippen LogP contribution in [0.3, 0.4) is 0 Å². The zero-order valence-electron chi connectivity index (χ0n) is 73.8. The fourth-order valence-electron chi connectivity index (χ4n) is 17.4. The maximum atomic E-state index is 15.6. The van der Waals surface area contributed by atoms with Crippen molar-refractivity contribution in [1.82, 2.24) is 63.3 Å². The average molecular weight is 1840 g/mol. The number of halogens is 7. The molecule has 3 aliphatic heterocycles. The number of methoxy groups -OCH3 is 2. The van der Waals surface area contributed by atoms with Gasteiger partial charge in [0.25, 0.3) is 0 Å². The number of aryl methyl sites for hydroxylation is 4. The van der Waals surface area contributed by atoms with Gasteiger partial charge in [0.2, 0.25) is 17.7 Å². The van der Waals surface area contributed by atoms with Crippen molar-refractivity contribution in [3.8, 4) is 72.9 Å². The first-order valence-corrected chi connectivity index (χ1v) is 43.5. The highest BCUT2D eigenvalue weighted by Crippen LogP contribution is 2.42. The molecule has 680 valence electrons. The first kappa shape index (κ1) is 93.3. The number of benzene rings is 7. The Balaban J connectivity index is 0.000000153. The van der Waals surface area contributed by atoms with Gasteiger partial charge in [-0.3, -0.25) is 48.1 Å². The van der Waals surface area contributed by atoms with Crippen LogP contribution in [-0.4, -0.2) is 191 Å². The Labute approximate surface area is 770 Å². The van der Waals surface area contributed by atoms with E-state index in [1.807, 2.05) is 25.1 Å². The van der Waals surface area contributed by atoms with Crippen LogP contribution in [0.5, 0.6) is 17.2 Å². The lowest BCUT2D eigenvalue weighted by Crippen LogP contribution is -2.42. The van der Waals surface area contributed by atoms with E-state index in [1.165, 1.54) is 78.7 Å². The summed E-state index contributed by atoms with van der Waals surface area (Å²) < 4.78 is 91.4. The van der Waals surface area contributed by atoms with Crippen LogP contribution in [-0.2, 0) is 67.7 Å². The van der Waals surface area contributed by atoms with Crippen LogP contribution in [0.2, 0.25) is 10.0 Å². The van der Waals surface area contributed by atoms with Gasteiger partial charge >= 0.3 is 0 Å². The molecule has 14 aromatic rings. The number of likely N-dealkylation sites (tertiary alicyclic amines) is 3. The van der Waals surface area contributed by atoms with Crippen LogP contribution in [0.25, 0.3) is 88.3 Å². The monoisotopic (exact) mass is 1840 g/mol. The van der Waals surface area contributed by atoms with Crippen LogP contribution in [0.15, 0.2) is 195 Å². The SMILES string of the molecule is CC(=O)c1cn(CC(=O)N2C[C@H](F)C[C@H]2C(=O)Cc2cccc(-c3ccccc3Cl)c2F)c2cc(O)c(-c3cnc(C)nc3)cc12.COc1cc2c(cc1-c1cnc(C)nc1)c(C(C)=O)cn2CC(=O)N1C[C@H](F)C[C@H]1C(=O)Cc1cccc(-c2ccccc2Cl)c1F.COc1cc2c(cc1-c1cnc(C)nc1)c(C(C)=O)cn2CC(=O)N1C[C@H](F)C[C@H]1C(=O)Cc1cccc(C)n1. The molecule has 10 heterocycles. The van der Waals surface area contributed by atoms with E-state index in [1.54, 1.807) is 183 Å². The van der Waals surface area contributed by atoms with Crippen LogP contribution >= 0.6 is 23.2 Å². The van der Waals surface area contributed by atoms with Gasteiger partial charge in [-0.15, -0.1) is 0 Å². The Bertz CT molecular complexity index is 6950. The Morgan fingerprint density at radius 2 is 0.729 bits per heavy atom. The van der Waals surface area contributed by atoms with Gasteiger partial charge in [-0.05, 0) is 102 Å². The smallest absolute Gasteiger partial charge is 0.243 e. The Kier molecular flexibility index (Phi) is 27.9. The maximum Gasteiger partial charge on any atom is 0.243 e. The number of nitrogens with zero attached hydrogens (tertiary/aromatic N) is 13. The summed E-state index contributed by atoms with van der Waals surface area (Å²) in [4.78, 5) is 152. The van der Waals surface area contributed by atoms with Crippen molar-refractivity contribution in [3.63, 3.8) is 0 Å². The van der Waals surface area contributed by atoms with E-state index in [0.29, 0.717) is 133 Å². The number of rotatable bonds is 25. The molecule has 1 N–H and O–H groups in total. The lowest BCUT2D eigenvalue weighted by molar-refractivity contribution is -0.138. The fraction of sp³-hybridized carbons (Fsp3) is 0.267. The molecule has 0 radical (unpaired) electrons. The molecule has 7 aromatic carbocycles. The third-order valence-corrected chi connectivity index (χ3v) is 24.7. The first-order valence-electron chi connectivity index (χ1n) is 42.7. The molecule has 25 nitrogen and oxygen atoms in total. The number of aromatic nitrogens is 10. The number of carbonyl (C=O) groups is 9. The molecular formula is C101H90Cl2F5N13O12. The number of fused-ring (bicyclic) bond motifs is 3. The Morgan fingerprint density at radius 1 is 0.406 bits per heavy atom. The minimum absolute atomic E-state index is 0.0203. The number of amides is 3. The molecule has 0 unspecified atom stereocenters. The standard InChI is InChI=1S/C36H31ClF2N4O4.C35H29ClF2N4O4.C30H30FN5O4/c1-20(44)29-18-42(31-14-34(47-3)27(13-28(29)31)23-15-40-21(2)41-16-23)19-35(46)43-17-24(38)12-32(43)33(45)11-22-7-6-9-26(36(22)39)25-8-4-5-10-30(25)37;1-19(43)28-17-41(30-13-32(44)26(12-27(28)30)22-14-39-20(2)40-15-22)18-34(46)42-16-23(37)11-31(42)33(45)10-21-6-5-8-25(35(21)38)24-7-3-4-9-29(24)36;1-17-6-5-7-22(34-17)9-28(38)27-8-21(31)14-36(27)30(39)16-35-15-25(18(2)37)24-10-23(29(40-4)11-26(24)35)20-12-32-19(3)33-13-20/h4-10,13-16,18,24,32H,11-12,17,19H2,1-3H3;3-9,12-15,17,23,31,44H,10-11,16,18H2,1-2H3;5-7,10-13,15,21,27H,8-9,14,16H2,1-4H3/t24-,32+;23-,31+;21-,27+/m111/s1. The summed E-state index contributed by atoms with van der Waals surface area (Å²) in [6.45, 7) is 9.96. The summed E-state index contributed by atoms with van der Waals surface area (Å²) >= 11 is 12.6. The van der Waals surface area contributed by atoms with Gasteiger partial charge in [0.15, 0.2) is 34.7 Å².